The Hall–Kier alpha value is -0.770. The maximum atomic E-state index is 5.97. The van der Waals surface area contributed by atoms with Crippen molar-refractivity contribution in [1.82, 2.24) is 10.2 Å². The molecule has 5 heteroatoms. The molecular formula is C13H16Cl2N2S. The van der Waals surface area contributed by atoms with Gasteiger partial charge in [0.15, 0.2) is 5.11 Å². The summed E-state index contributed by atoms with van der Waals surface area (Å²) in [7, 11) is 1.93. The zero-order chi connectivity index (χ0) is 13.7. The average molecular weight is 303 g/mol. The molecule has 0 bridgehead atoms. The minimum absolute atomic E-state index is 0.559. The summed E-state index contributed by atoms with van der Waals surface area (Å²) >= 11 is 17.1. The third-order valence-electron chi connectivity index (χ3n) is 2.29. The number of nitrogens with zero attached hydrogens (tertiary/aromatic N) is 1. The van der Waals surface area contributed by atoms with Crippen molar-refractivity contribution in [3.05, 3.63) is 46.0 Å². The van der Waals surface area contributed by atoms with Crippen molar-refractivity contribution in [2.75, 3.05) is 13.6 Å². The van der Waals surface area contributed by atoms with E-state index < -0.39 is 0 Å². The van der Waals surface area contributed by atoms with Gasteiger partial charge in [0.1, 0.15) is 0 Å². The molecule has 1 aromatic rings. The summed E-state index contributed by atoms with van der Waals surface area (Å²) in [6.45, 7) is 7.14. The maximum Gasteiger partial charge on any atom is 0.169 e. The first-order valence-electron chi connectivity index (χ1n) is 5.47. The minimum Gasteiger partial charge on any atom is -0.359 e. The van der Waals surface area contributed by atoms with Crippen LogP contribution in [0.4, 0.5) is 0 Å². The predicted molar refractivity (Wildman–Crippen MR) is 83.3 cm³/mol. The third-order valence-corrected chi connectivity index (χ3v) is 3.49. The van der Waals surface area contributed by atoms with Crippen molar-refractivity contribution < 1.29 is 0 Å². The van der Waals surface area contributed by atoms with Crippen LogP contribution in [0.2, 0.25) is 10.0 Å². The van der Waals surface area contributed by atoms with Crippen LogP contribution in [0.25, 0.3) is 0 Å². The zero-order valence-corrected chi connectivity index (χ0v) is 12.8. The van der Waals surface area contributed by atoms with E-state index in [4.69, 9.17) is 35.4 Å². The molecule has 98 valence electrons. The van der Waals surface area contributed by atoms with E-state index in [1.54, 1.807) is 6.07 Å². The molecule has 0 fully saturated rings. The highest BCUT2D eigenvalue weighted by Crippen LogP contribution is 2.23. The standard InChI is InChI=1S/C13H16Cl2N2S/c1-9(2)7-16-13(18)17(3)8-10-4-5-11(14)12(15)6-10/h4-6H,1,7-8H2,2-3H3,(H,16,18). The number of halogens is 2. The molecule has 1 aromatic carbocycles. The molecule has 0 saturated carbocycles. The van der Waals surface area contributed by atoms with Crippen molar-refractivity contribution in [2.45, 2.75) is 13.5 Å². The van der Waals surface area contributed by atoms with Crippen LogP contribution in [-0.4, -0.2) is 23.6 Å². The second kappa shape index (κ2) is 6.98. The van der Waals surface area contributed by atoms with Crippen LogP contribution in [0, 0.1) is 0 Å². The lowest BCUT2D eigenvalue weighted by molar-refractivity contribution is 0.492. The van der Waals surface area contributed by atoms with Crippen molar-refractivity contribution in [3.8, 4) is 0 Å². The molecule has 0 unspecified atom stereocenters. The summed E-state index contributed by atoms with van der Waals surface area (Å²) in [5, 5.41) is 4.93. The fourth-order valence-electron chi connectivity index (χ4n) is 1.35. The van der Waals surface area contributed by atoms with Gasteiger partial charge in [-0.2, -0.15) is 0 Å². The topological polar surface area (TPSA) is 15.3 Å². The number of nitrogens with one attached hydrogen (secondary N) is 1. The Morgan fingerprint density at radius 1 is 1.39 bits per heavy atom. The van der Waals surface area contributed by atoms with Crippen LogP contribution < -0.4 is 5.32 Å². The molecule has 0 atom stereocenters. The molecule has 0 aliphatic heterocycles. The summed E-state index contributed by atoms with van der Waals surface area (Å²) in [6, 6.07) is 5.57. The Morgan fingerprint density at radius 2 is 2.06 bits per heavy atom. The first kappa shape index (κ1) is 15.3. The summed E-state index contributed by atoms with van der Waals surface area (Å²) in [5.74, 6) is 0. The Balaban J connectivity index is 2.58. The monoisotopic (exact) mass is 302 g/mol. The van der Waals surface area contributed by atoms with E-state index in [0.717, 1.165) is 11.1 Å². The second-order valence-corrected chi connectivity index (χ2v) is 5.42. The number of benzene rings is 1. The largest absolute Gasteiger partial charge is 0.359 e. The van der Waals surface area contributed by atoms with E-state index in [9.17, 15) is 0 Å². The number of rotatable bonds is 4. The van der Waals surface area contributed by atoms with Gasteiger partial charge in [0, 0.05) is 20.1 Å². The first-order chi connectivity index (χ1) is 8.40. The molecule has 2 nitrogen and oxygen atoms in total. The fraction of sp³-hybridized carbons (Fsp3) is 0.308. The zero-order valence-electron chi connectivity index (χ0n) is 10.5. The Bertz CT molecular complexity index is 460. The van der Waals surface area contributed by atoms with Gasteiger partial charge in [-0.25, -0.2) is 0 Å². The van der Waals surface area contributed by atoms with E-state index in [1.165, 1.54) is 0 Å². The smallest absolute Gasteiger partial charge is 0.169 e. The van der Waals surface area contributed by atoms with Crippen LogP contribution in [-0.2, 0) is 6.54 Å². The van der Waals surface area contributed by atoms with Crippen molar-refractivity contribution >= 4 is 40.5 Å². The van der Waals surface area contributed by atoms with Crippen molar-refractivity contribution in [2.24, 2.45) is 0 Å². The van der Waals surface area contributed by atoms with Crippen LogP contribution >= 0.6 is 35.4 Å². The fourth-order valence-corrected chi connectivity index (χ4v) is 1.80. The highest BCUT2D eigenvalue weighted by molar-refractivity contribution is 7.80. The Labute approximate surface area is 124 Å². The molecule has 0 aliphatic rings. The van der Waals surface area contributed by atoms with Gasteiger partial charge in [0.05, 0.1) is 10.0 Å². The van der Waals surface area contributed by atoms with Gasteiger partial charge in [0.25, 0.3) is 0 Å². The first-order valence-corrected chi connectivity index (χ1v) is 6.64. The van der Waals surface area contributed by atoms with E-state index in [1.807, 2.05) is 31.0 Å². The molecule has 1 rings (SSSR count). The molecule has 1 N–H and O–H groups in total. The van der Waals surface area contributed by atoms with E-state index >= 15 is 0 Å². The minimum atomic E-state index is 0.559. The molecule has 0 heterocycles. The molecule has 0 amide bonds. The number of hydrogen-bond acceptors (Lipinski definition) is 1. The van der Waals surface area contributed by atoms with E-state index in [0.29, 0.717) is 28.2 Å². The third kappa shape index (κ3) is 4.84. The van der Waals surface area contributed by atoms with Gasteiger partial charge in [-0.3, -0.25) is 0 Å². The lowest BCUT2D eigenvalue weighted by atomic mass is 10.2. The van der Waals surface area contributed by atoms with Gasteiger partial charge in [0.2, 0.25) is 0 Å². The summed E-state index contributed by atoms with van der Waals surface area (Å²) in [4.78, 5) is 1.94. The van der Waals surface area contributed by atoms with Crippen LogP contribution in [0.15, 0.2) is 30.4 Å². The van der Waals surface area contributed by atoms with Gasteiger partial charge in [-0.15, -0.1) is 0 Å². The van der Waals surface area contributed by atoms with Crippen LogP contribution in [0.5, 0.6) is 0 Å². The van der Waals surface area contributed by atoms with Gasteiger partial charge < -0.3 is 10.2 Å². The average Bonchev–Trinajstić information content (AvgIpc) is 2.30. The van der Waals surface area contributed by atoms with E-state index in [2.05, 4.69) is 11.9 Å². The molecule has 0 saturated heterocycles. The quantitative estimate of drug-likeness (QED) is 0.671. The van der Waals surface area contributed by atoms with Crippen molar-refractivity contribution in [1.29, 1.82) is 0 Å². The van der Waals surface area contributed by atoms with Crippen molar-refractivity contribution in [3.63, 3.8) is 0 Å². The summed E-state index contributed by atoms with van der Waals surface area (Å²) in [5.41, 5.74) is 2.10. The molecule has 18 heavy (non-hydrogen) atoms. The number of hydrogen-bond donors (Lipinski definition) is 1. The maximum absolute atomic E-state index is 5.97. The van der Waals surface area contributed by atoms with E-state index in [-0.39, 0.29) is 0 Å². The Morgan fingerprint density at radius 3 is 2.61 bits per heavy atom. The van der Waals surface area contributed by atoms with Gasteiger partial charge >= 0.3 is 0 Å². The molecule has 0 spiro atoms. The van der Waals surface area contributed by atoms with Crippen LogP contribution in [0.3, 0.4) is 0 Å². The molecular weight excluding hydrogens is 287 g/mol. The molecule has 0 aliphatic carbocycles. The van der Waals surface area contributed by atoms with Crippen LogP contribution in [0.1, 0.15) is 12.5 Å². The highest BCUT2D eigenvalue weighted by atomic mass is 35.5. The lowest BCUT2D eigenvalue weighted by Gasteiger charge is -2.21. The predicted octanol–water partition coefficient (Wildman–Crippen LogP) is 3.88. The van der Waals surface area contributed by atoms with Gasteiger partial charge in [-0.1, -0.05) is 41.4 Å². The molecule has 0 aromatic heterocycles. The Kier molecular flexibility index (Phi) is 5.93. The number of thiocarbonyl (C=S) groups is 1. The van der Waals surface area contributed by atoms with Gasteiger partial charge in [-0.05, 0) is 36.8 Å². The summed E-state index contributed by atoms with van der Waals surface area (Å²) < 4.78 is 0. The lowest BCUT2D eigenvalue weighted by Crippen LogP contribution is -2.37. The molecule has 0 radical (unpaired) electrons. The summed E-state index contributed by atoms with van der Waals surface area (Å²) in [6.07, 6.45) is 0. The SMILES string of the molecule is C=C(C)CNC(=S)N(C)Cc1ccc(Cl)c(Cl)c1. The second-order valence-electron chi connectivity index (χ2n) is 4.22. The normalized spacial score (nSPS) is 10.0. The highest BCUT2D eigenvalue weighted by Gasteiger charge is 2.06.